The van der Waals surface area contributed by atoms with Gasteiger partial charge in [-0.05, 0) is 29.2 Å². The maximum absolute atomic E-state index is 12.4. The van der Waals surface area contributed by atoms with E-state index in [0.717, 1.165) is 29.2 Å². The highest BCUT2D eigenvalue weighted by Gasteiger charge is 2.45. The third-order valence-corrected chi connectivity index (χ3v) is 4.77. The van der Waals surface area contributed by atoms with Crippen molar-refractivity contribution in [2.45, 2.75) is 32.2 Å². The molecule has 0 unspecified atom stereocenters. The third-order valence-electron chi connectivity index (χ3n) is 4.77. The zero-order chi connectivity index (χ0) is 17.9. The maximum Gasteiger partial charge on any atom is 0.243 e. The molecule has 1 aliphatic carbocycles. The minimum absolute atomic E-state index is 0.0693. The molecule has 2 aromatic carbocycles. The van der Waals surface area contributed by atoms with E-state index in [1.54, 1.807) is 0 Å². The Morgan fingerprint density at radius 1 is 1.20 bits per heavy atom. The van der Waals surface area contributed by atoms with Crippen LogP contribution in [0.1, 0.15) is 25.3 Å². The van der Waals surface area contributed by atoms with E-state index in [9.17, 15) is 9.59 Å². The van der Waals surface area contributed by atoms with E-state index in [2.05, 4.69) is 10.6 Å². The quantitative estimate of drug-likeness (QED) is 0.795. The van der Waals surface area contributed by atoms with Crippen LogP contribution in [0.5, 0.6) is 0 Å². The fraction of sp³-hybridized carbons (Fsp3) is 0.350. The van der Waals surface area contributed by atoms with Gasteiger partial charge in [-0.3, -0.25) is 9.59 Å². The normalized spacial score (nSPS) is 15.8. The van der Waals surface area contributed by atoms with Crippen LogP contribution >= 0.6 is 0 Å². The topological polar surface area (TPSA) is 82.0 Å². The number of fused-ring (bicyclic) bond motifs is 1. The number of benzene rings is 2. The second-order valence-corrected chi connectivity index (χ2v) is 6.85. The fourth-order valence-electron chi connectivity index (χ4n) is 2.81. The number of carbonyl (C=O) groups excluding carboxylic acids is 2. The lowest BCUT2D eigenvalue weighted by Crippen LogP contribution is -2.49. The van der Waals surface area contributed by atoms with E-state index in [4.69, 9.17) is 5.26 Å². The Morgan fingerprint density at radius 2 is 1.92 bits per heavy atom. The van der Waals surface area contributed by atoms with Gasteiger partial charge in [0, 0.05) is 11.8 Å². The van der Waals surface area contributed by atoms with E-state index in [1.165, 1.54) is 0 Å². The summed E-state index contributed by atoms with van der Waals surface area (Å²) in [5.41, 5.74) is 0.619. The van der Waals surface area contributed by atoms with Gasteiger partial charge < -0.3 is 10.6 Å². The van der Waals surface area contributed by atoms with E-state index < -0.39 is 6.04 Å². The van der Waals surface area contributed by atoms with Crippen LogP contribution in [-0.2, 0) is 16.0 Å². The SMILES string of the molecule is CC1(C(=O)N[C@@H](Cc2ccc3ccccc3c2)C(=O)NCC#N)CC1. The number of nitriles is 1. The van der Waals surface area contributed by atoms with E-state index in [1.807, 2.05) is 55.5 Å². The predicted molar refractivity (Wildman–Crippen MR) is 95.5 cm³/mol. The summed E-state index contributed by atoms with van der Waals surface area (Å²) in [4.78, 5) is 24.7. The van der Waals surface area contributed by atoms with Gasteiger partial charge >= 0.3 is 0 Å². The van der Waals surface area contributed by atoms with Crippen molar-refractivity contribution < 1.29 is 9.59 Å². The second-order valence-electron chi connectivity index (χ2n) is 6.85. The van der Waals surface area contributed by atoms with Crippen LogP contribution in [0.25, 0.3) is 10.8 Å². The average molecular weight is 335 g/mol. The highest BCUT2D eigenvalue weighted by atomic mass is 16.2. The molecular formula is C20H21N3O2. The van der Waals surface area contributed by atoms with Crippen molar-refractivity contribution in [2.24, 2.45) is 5.41 Å². The minimum Gasteiger partial charge on any atom is -0.344 e. The molecule has 1 aliphatic rings. The molecule has 5 nitrogen and oxygen atoms in total. The van der Waals surface area contributed by atoms with Gasteiger partial charge in [-0.1, -0.05) is 49.4 Å². The molecule has 3 rings (SSSR count). The molecule has 2 N–H and O–H groups in total. The summed E-state index contributed by atoms with van der Waals surface area (Å²) in [6, 6.07) is 15.2. The van der Waals surface area contributed by atoms with Crippen molar-refractivity contribution in [3.8, 4) is 6.07 Å². The second kappa shape index (κ2) is 6.94. The first kappa shape index (κ1) is 17.0. The highest BCUT2D eigenvalue weighted by Crippen LogP contribution is 2.45. The Hall–Kier alpha value is -2.87. The van der Waals surface area contributed by atoms with Crippen LogP contribution < -0.4 is 10.6 Å². The first-order valence-corrected chi connectivity index (χ1v) is 8.45. The molecule has 5 heteroatoms. The lowest BCUT2D eigenvalue weighted by atomic mass is 10.00. The number of nitrogens with one attached hydrogen (secondary N) is 2. The summed E-state index contributed by atoms with van der Waals surface area (Å²) in [5, 5.41) is 16.3. The van der Waals surface area contributed by atoms with Gasteiger partial charge in [-0.25, -0.2) is 0 Å². The van der Waals surface area contributed by atoms with E-state index in [-0.39, 0.29) is 23.8 Å². The lowest BCUT2D eigenvalue weighted by molar-refractivity contribution is -0.131. The smallest absolute Gasteiger partial charge is 0.243 e. The number of amides is 2. The molecule has 128 valence electrons. The van der Waals surface area contributed by atoms with Crippen LogP contribution in [0, 0.1) is 16.7 Å². The zero-order valence-corrected chi connectivity index (χ0v) is 14.2. The highest BCUT2D eigenvalue weighted by molar-refractivity contribution is 5.91. The fourth-order valence-corrected chi connectivity index (χ4v) is 2.81. The molecule has 1 saturated carbocycles. The standard InChI is InChI=1S/C20H21N3O2/c1-20(8-9-20)19(25)23-17(18(24)22-11-10-21)13-14-6-7-15-4-2-3-5-16(15)12-14/h2-7,12,17H,8-9,11,13H2,1H3,(H,22,24)(H,23,25)/t17-/m0/s1. The lowest BCUT2D eigenvalue weighted by Gasteiger charge is -2.20. The van der Waals surface area contributed by atoms with Crippen LogP contribution in [0.4, 0.5) is 0 Å². The van der Waals surface area contributed by atoms with Crippen molar-refractivity contribution in [1.82, 2.24) is 10.6 Å². The molecule has 25 heavy (non-hydrogen) atoms. The van der Waals surface area contributed by atoms with Crippen LogP contribution in [-0.4, -0.2) is 24.4 Å². The molecule has 0 heterocycles. The van der Waals surface area contributed by atoms with Gasteiger partial charge in [0.1, 0.15) is 12.6 Å². The largest absolute Gasteiger partial charge is 0.344 e. The van der Waals surface area contributed by atoms with Crippen LogP contribution in [0.2, 0.25) is 0 Å². The van der Waals surface area contributed by atoms with E-state index >= 15 is 0 Å². The molecule has 1 fully saturated rings. The Morgan fingerprint density at radius 3 is 2.60 bits per heavy atom. The Labute approximate surface area is 147 Å². The number of rotatable bonds is 6. The van der Waals surface area contributed by atoms with Gasteiger partial charge in [0.05, 0.1) is 6.07 Å². The van der Waals surface area contributed by atoms with Crippen molar-refractivity contribution in [3.63, 3.8) is 0 Å². The van der Waals surface area contributed by atoms with Crippen molar-refractivity contribution >= 4 is 22.6 Å². The first-order valence-electron chi connectivity index (χ1n) is 8.45. The number of hydrogen-bond donors (Lipinski definition) is 2. The Kier molecular flexibility index (Phi) is 4.71. The molecule has 0 saturated heterocycles. The Bertz CT molecular complexity index is 849. The van der Waals surface area contributed by atoms with Crippen molar-refractivity contribution in [1.29, 1.82) is 5.26 Å². The van der Waals surface area contributed by atoms with Gasteiger partial charge in [-0.15, -0.1) is 0 Å². The molecule has 0 bridgehead atoms. The number of carbonyl (C=O) groups is 2. The average Bonchev–Trinajstić information content (AvgIpc) is 3.38. The van der Waals surface area contributed by atoms with Gasteiger partial charge in [-0.2, -0.15) is 5.26 Å². The van der Waals surface area contributed by atoms with E-state index in [0.29, 0.717) is 6.42 Å². The zero-order valence-electron chi connectivity index (χ0n) is 14.2. The summed E-state index contributed by atoms with van der Waals surface area (Å²) in [5.74, 6) is -0.419. The summed E-state index contributed by atoms with van der Waals surface area (Å²) >= 11 is 0. The molecule has 1 atom stereocenters. The predicted octanol–water partition coefficient (Wildman–Crippen LogP) is 2.31. The summed E-state index contributed by atoms with van der Waals surface area (Å²) in [6.45, 7) is 1.84. The van der Waals surface area contributed by atoms with Gasteiger partial charge in [0.25, 0.3) is 0 Å². The first-order chi connectivity index (χ1) is 12.0. The Balaban J connectivity index is 1.78. The minimum atomic E-state index is -0.681. The van der Waals surface area contributed by atoms with Gasteiger partial charge in [0.2, 0.25) is 11.8 Å². The monoisotopic (exact) mass is 335 g/mol. The molecule has 0 aliphatic heterocycles. The summed E-state index contributed by atoms with van der Waals surface area (Å²) in [6.07, 6.45) is 2.09. The van der Waals surface area contributed by atoms with Crippen LogP contribution in [0.15, 0.2) is 42.5 Å². The molecule has 0 radical (unpaired) electrons. The van der Waals surface area contributed by atoms with Gasteiger partial charge in [0.15, 0.2) is 0 Å². The van der Waals surface area contributed by atoms with Crippen LogP contribution in [0.3, 0.4) is 0 Å². The molecule has 0 aromatic heterocycles. The summed E-state index contributed by atoms with van der Waals surface area (Å²) < 4.78 is 0. The maximum atomic E-state index is 12.4. The molecular weight excluding hydrogens is 314 g/mol. The van der Waals surface area contributed by atoms with Crippen molar-refractivity contribution in [3.05, 3.63) is 48.0 Å². The summed E-state index contributed by atoms with van der Waals surface area (Å²) in [7, 11) is 0. The van der Waals surface area contributed by atoms with Crippen molar-refractivity contribution in [2.75, 3.05) is 6.54 Å². The number of nitrogens with zero attached hydrogens (tertiary/aromatic N) is 1. The molecule has 2 amide bonds. The third kappa shape index (κ3) is 3.97. The number of hydrogen-bond acceptors (Lipinski definition) is 3. The molecule has 2 aromatic rings. The molecule has 0 spiro atoms.